The number of carbonyl (C=O) groups excluding carboxylic acids is 1. The van der Waals surface area contributed by atoms with Crippen molar-refractivity contribution >= 4 is 5.91 Å². The lowest BCUT2D eigenvalue weighted by Crippen LogP contribution is -2.45. The van der Waals surface area contributed by atoms with Gasteiger partial charge in [0.2, 0.25) is 0 Å². The van der Waals surface area contributed by atoms with Crippen LogP contribution in [0, 0.1) is 13.8 Å². The third-order valence-corrected chi connectivity index (χ3v) is 5.29. The zero-order chi connectivity index (χ0) is 17.1. The Morgan fingerprint density at radius 1 is 1.29 bits per heavy atom. The number of carbonyl (C=O) groups is 1. The van der Waals surface area contributed by atoms with Crippen LogP contribution in [0.1, 0.15) is 49.9 Å². The number of nitrogens with zero attached hydrogens (tertiary/aromatic N) is 3. The average Bonchev–Trinajstić information content (AvgIpc) is 3.28. The number of rotatable bonds is 6. The maximum Gasteiger partial charge on any atom is 0.260 e. The zero-order valence-electron chi connectivity index (χ0n) is 15.1. The predicted molar refractivity (Wildman–Crippen MR) is 91.1 cm³/mol. The summed E-state index contributed by atoms with van der Waals surface area (Å²) >= 11 is 0. The first-order valence-corrected chi connectivity index (χ1v) is 9.10. The molecule has 134 valence electrons. The van der Waals surface area contributed by atoms with Crippen molar-refractivity contribution in [3.63, 3.8) is 0 Å². The van der Waals surface area contributed by atoms with Crippen LogP contribution in [-0.4, -0.2) is 52.5 Å². The van der Waals surface area contributed by atoms with Crippen molar-refractivity contribution < 1.29 is 14.3 Å². The van der Waals surface area contributed by atoms with E-state index in [0.29, 0.717) is 12.6 Å². The molecular weight excluding hydrogens is 306 g/mol. The second-order valence-corrected chi connectivity index (χ2v) is 7.03. The summed E-state index contributed by atoms with van der Waals surface area (Å²) in [5, 5.41) is 4.34. The second kappa shape index (κ2) is 7.55. The van der Waals surface area contributed by atoms with Gasteiger partial charge in [-0.25, -0.2) is 0 Å². The monoisotopic (exact) mass is 335 g/mol. The SMILES string of the molecule is Cc1nn(C)c(C)c1OCC(=O)N(CC1CCCO1)C1CCCC1. The lowest BCUT2D eigenvalue weighted by molar-refractivity contribution is -0.137. The molecule has 1 unspecified atom stereocenters. The van der Waals surface area contributed by atoms with Gasteiger partial charge in [-0.05, 0) is 39.5 Å². The Labute approximate surface area is 144 Å². The fourth-order valence-electron chi connectivity index (χ4n) is 3.86. The molecule has 1 saturated carbocycles. The van der Waals surface area contributed by atoms with Crippen molar-refractivity contribution in [3.8, 4) is 5.75 Å². The van der Waals surface area contributed by atoms with Crippen LogP contribution in [0.5, 0.6) is 5.75 Å². The molecule has 1 aliphatic heterocycles. The summed E-state index contributed by atoms with van der Waals surface area (Å²) in [6, 6.07) is 0.349. The number of aryl methyl sites for hydroxylation is 2. The van der Waals surface area contributed by atoms with Crippen LogP contribution >= 0.6 is 0 Å². The number of ether oxygens (including phenoxy) is 2. The molecule has 0 spiro atoms. The van der Waals surface area contributed by atoms with E-state index in [1.807, 2.05) is 25.8 Å². The summed E-state index contributed by atoms with van der Waals surface area (Å²) < 4.78 is 13.4. The van der Waals surface area contributed by atoms with Crippen molar-refractivity contribution in [2.45, 2.75) is 64.5 Å². The van der Waals surface area contributed by atoms with E-state index in [1.54, 1.807) is 4.68 Å². The average molecular weight is 335 g/mol. The van der Waals surface area contributed by atoms with Crippen LogP contribution in [0.25, 0.3) is 0 Å². The third-order valence-electron chi connectivity index (χ3n) is 5.29. The maximum atomic E-state index is 12.8. The molecule has 0 bridgehead atoms. The van der Waals surface area contributed by atoms with E-state index < -0.39 is 0 Å². The van der Waals surface area contributed by atoms with E-state index in [0.717, 1.165) is 49.4 Å². The van der Waals surface area contributed by atoms with E-state index in [4.69, 9.17) is 9.47 Å². The van der Waals surface area contributed by atoms with E-state index in [9.17, 15) is 4.79 Å². The van der Waals surface area contributed by atoms with Crippen molar-refractivity contribution in [3.05, 3.63) is 11.4 Å². The highest BCUT2D eigenvalue weighted by Gasteiger charge is 2.30. The Bertz CT molecular complexity index is 572. The first kappa shape index (κ1) is 17.3. The summed E-state index contributed by atoms with van der Waals surface area (Å²) in [6.07, 6.45) is 6.97. The molecule has 6 nitrogen and oxygen atoms in total. The van der Waals surface area contributed by atoms with Gasteiger partial charge in [0.05, 0.1) is 11.8 Å². The molecular formula is C18H29N3O3. The van der Waals surface area contributed by atoms with Gasteiger partial charge in [-0.3, -0.25) is 9.48 Å². The minimum absolute atomic E-state index is 0.0695. The molecule has 2 aliphatic rings. The lowest BCUT2D eigenvalue weighted by Gasteiger charge is -2.31. The highest BCUT2D eigenvalue weighted by atomic mass is 16.5. The third kappa shape index (κ3) is 3.74. The molecule has 1 amide bonds. The van der Waals surface area contributed by atoms with Crippen LogP contribution < -0.4 is 4.74 Å². The van der Waals surface area contributed by atoms with Crippen molar-refractivity contribution in [1.82, 2.24) is 14.7 Å². The molecule has 2 fully saturated rings. The smallest absolute Gasteiger partial charge is 0.260 e. The Balaban J connectivity index is 1.63. The first-order valence-electron chi connectivity index (χ1n) is 9.10. The first-order chi connectivity index (χ1) is 11.6. The van der Waals surface area contributed by atoms with E-state index in [2.05, 4.69) is 5.10 Å². The van der Waals surface area contributed by atoms with Crippen LogP contribution in [0.4, 0.5) is 0 Å². The quantitative estimate of drug-likeness (QED) is 0.801. The normalized spacial score (nSPS) is 21.4. The predicted octanol–water partition coefficient (Wildman–Crippen LogP) is 2.37. The Morgan fingerprint density at radius 2 is 2.04 bits per heavy atom. The van der Waals surface area contributed by atoms with E-state index in [-0.39, 0.29) is 18.6 Å². The minimum atomic E-state index is 0.0695. The molecule has 1 saturated heterocycles. The second-order valence-electron chi connectivity index (χ2n) is 7.03. The van der Waals surface area contributed by atoms with Crippen molar-refractivity contribution in [2.75, 3.05) is 19.8 Å². The summed E-state index contributed by atoms with van der Waals surface area (Å²) in [6.45, 7) is 5.48. The number of aromatic nitrogens is 2. The van der Waals surface area contributed by atoms with Gasteiger partial charge in [-0.1, -0.05) is 12.8 Å². The molecule has 24 heavy (non-hydrogen) atoms. The highest BCUT2D eigenvalue weighted by molar-refractivity contribution is 5.78. The molecule has 1 atom stereocenters. The molecule has 0 radical (unpaired) electrons. The Hall–Kier alpha value is -1.56. The fraction of sp³-hybridized carbons (Fsp3) is 0.778. The molecule has 1 aromatic heterocycles. The number of amides is 1. The molecule has 1 aliphatic carbocycles. The van der Waals surface area contributed by atoms with Gasteiger partial charge in [0.15, 0.2) is 12.4 Å². The van der Waals surface area contributed by atoms with Crippen molar-refractivity contribution in [1.29, 1.82) is 0 Å². The van der Waals surface area contributed by atoms with E-state index >= 15 is 0 Å². The van der Waals surface area contributed by atoms with Gasteiger partial charge in [-0.2, -0.15) is 5.10 Å². The Morgan fingerprint density at radius 3 is 2.62 bits per heavy atom. The van der Waals surface area contributed by atoms with Gasteiger partial charge >= 0.3 is 0 Å². The summed E-state index contributed by atoms with van der Waals surface area (Å²) in [5.41, 5.74) is 1.78. The molecule has 0 N–H and O–H groups in total. The molecule has 2 heterocycles. The summed E-state index contributed by atoms with van der Waals surface area (Å²) in [7, 11) is 1.89. The molecule has 3 rings (SSSR count). The van der Waals surface area contributed by atoms with Gasteiger partial charge in [0.25, 0.3) is 5.91 Å². The lowest BCUT2D eigenvalue weighted by atomic mass is 10.1. The van der Waals surface area contributed by atoms with Crippen LogP contribution in [0.2, 0.25) is 0 Å². The van der Waals surface area contributed by atoms with Gasteiger partial charge in [0, 0.05) is 26.2 Å². The highest BCUT2D eigenvalue weighted by Crippen LogP contribution is 2.26. The van der Waals surface area contributed by atoms with Crippen LogP contribution in [0.3, 0.4) is 0 Å². The van der Waals surface area contributed by atoms with Gasteiger partial charge < -0.3 is 14.4 Å². The number of hydrogen-bond donors (Lipinski definition) is 0. The summed E-state index contributed by atoms with van der Waals surface area (Å²) in [5.74, 6) is 0.800. The van der Waals surface area contributed by atoms with Crippen LogP contribution in [0.15, 0.2) is 0 Å². The fourth-order valence-corrected chi connectivity index (χ4v) is 3.86. The Kier molecular flexibility index (Phi) is 5.43. The van der Waals surface area contributed by atoms with Crippen molar-refractivity contribution in [2.24, 2.45) is 7.05 Å². The topological polar surface area (TPSA) is 56.6 Å². The van der Waals surface area contributed by atoms with Crippen LogP contribution in [-0.2, 0) is 16.6 Å². The largest absolute Gasteiger partial charge is 0.480 e. The molecule has 6 heteroatoms. The molecule has 0 aromatic carbocycles. The minimum Gasteiger partial charge on any atom is -0.480 e. The summed E-state index contributed by atoms with van der Waals surface area (Å²) in [4.78, 5) is 14.9. The van der Waals surface area contributed by atoms with Gasteiger partial charge in [0.1, 0.15) is 5.69 Å². The standard InChI is InChI=1S/C18H29N3O3/c1-13-18(14(2)20(3)19-13)24-12-17(22)21(15-7-4-5-8-15)11-16-9-6-10-23-16/h15-16H,4-12H2,1-3H3. The van der Waals surface area contributed by atoms with Gasteiger partial charge in [-0.15, -0.1) is 0 Å². The zero-order valence-corrected chi connectivity index (χ0v) is 15.1. The maximum absolute atomic E-state index is 12.8. The number of hydrogen-bond acceptors (Lipinski definition) is 4. The van der Waals surface area contributed by atoms with E-state index in [1.165, 1.54) is 12.8 Å². The molecule has 1 aromatic rings.